The maximum absolute atomic E-state index is 13.7. The number of alkyl halides is 13. The molecule has 0 heterocycles. The summed E-state index contributed by atoms with van der Waals surface area (Å²) in [5.41, 5.74) is -0.939. The Hall–Kier alpha value is -1.70. The fourth-order valence-electron chi connectivity index (χ4n) is 2.48. The van der Waals surface area contributed by atoms with E-state index in [0.717, 1.165) is 6.08 Å². The third kappa shape index (κ3) is 3.40. The van der Waals surface area contributed by atoms with E-state index in [1.54, 1.807) is 0 Å². The van der Waals surface area contributed by atoms with Crippen LogP contribution in [-0.2, 0) is 4.79 Å². The number of allylic oxidation sites excluding steroid dienone is 1. The van der Waals surface area contributed by atoms with Crippen molar-refractivity contribution >= 4 is 5.97 Å². The zero-order chi connectivity index (χ0) is 22.6. The zero-order valence-corrected chi connectivity index (χ0v) is 13.0. The quantitative estimate of drug-likeness (QED) is 0.524. The molecule has 1 rings (SSSR count). The third-order valence-corrected chi connectivity index (χ3v) is 4.07. The molecule has 1 unspecified atom stereocenters. The molecular formula is C13H9F13O2. The van der Waals surface area contributed by atoms with E-state index in [4.69, 9.17) is 5.11 Å². The van der Waals surface area contributed by atoms with E-state index in [9.17, 15) is 61.9 Å². The van der Waals surface area contributed by atoms with Gasteiger partial charge in [0, 0.05) is 12.0 Å². The van der Waals surface area contributed by atoms with Crippen molar-refractivity contribution in [2.24, 2.45) is 5.92 Å². The predicted octanol–water partition coefficient (Wildman–Crippen LogP) is 5.54. The van der Waals surface area contributed by atoms with Crippen LogP contribution in [0.3, 0.4) is 0 Å². The summed E-state index contributed by atoms with van der Waals surface area (Å²) in [6.07, 6.45) is -10.1. The summed E-state index contributed by atoms with van der Waals surface area (Å²) >= 11 is 0. The van der Waals surface area contributed by atoms with Gasteiger partial charge in [-0.2, -0.15) is 57.1 Å². The van der Waals surface area contributed by atoms with E-state index in [2.05, 4.69) is 0 Å². The van der Waals surface area contributed by atoms with Crippen LogP contribution in [0.2, 0.25) is 0 Å². The van der Waals surface area contributed by atoms with Crippen molar-refractivity contribution in [3.8, 4) is 0 Å². The SMILES string of the molecule is O=C(O)C1=CCCC1CC(F)(F)C(F)(F)C(F)(F)C(F)(F)C(F)(F)C(F)(F)F. The Morgan fingerprint density at radius 3 is 1.64 bits per heavy atom. The number of carboxylic acids is 1. The van der Waals surface area contributed by atoms with Gasteiger partial charge in [-0.1, -0.05) is 6.08 Å². The van der Waals surface area contributed by atoms with Crippen LogP contribution in [0.15, 0.2) is 11.6 Å². The van der Waals surface area contributed by atoms with E-state index in [1.165, 1.54) is 0 Å². The molecule has 0 spiro atoms. The number of carbonyl (C=O) groups is 1. The molecule has 0 amide bonds. The van der Waals surface area contributed by atoms with E-state index >= 15 is 0 Å². The molecule has 0 fully saturated rings. The molecule has 0 aromatic heterocycles. The summed E-state index contributed by atoms with van der Waals surface area (Å²) in [5, 5.41) is 8.68. The second kappa shape index (κ2) is 6.68. The first-order chi connectivity index (χ1) is 12.1. The van der Waals surface area contributed by atoms with Gasteiger partial charge in [0.2, 0.25) is 0 Å². The van der Waals surface area contributed by atoms with Gasteiger partial charge < -0.3 is 5.11 Å². The predicted molar refractivity (Wildman–Crippen MR) is 63.8 cm³/mol. The molecule has 164 valence electrons. The molecule has 15 heteroatoms. The molecule has 1 atom stereocenters. The van der Waals surface area contributed by atoms with Gasteiger partial charge in [-0.05, 0) is 18.8 Å². The van der Waals surface area contributed by atoms with Crippen LogP contribution in [0.5, 0.6) is 0 Å². The summed E-state index contributed by atoms with van der Waals surface area (Å²) < 4.78 is 168. The molecule has 0 aromatic carbocycles. The minimum Gasteiger partial charge on any atom is -0.478 e. The Morgan fingerprint density at radius 2 is 1.25 bits per heavy atom. The van der Waals surface area contributed by atoms with Crippen LogP contribution in [0.1, 0.15) is 19.3 Å². The van der Waals surface area contributed by atoms with E-state index in [1.807, 2.05) is 0 Å². The molecule has 1 aliphatic carbocycles. The lowest BCUT2D eigenvalue weighted by atomic mass is 9.86. The van der Waals surface area contributed by atoms with Gasteiger partial charge in [0.25, 0.3) is 0 Å². The van der Waals surface area contributed by atoms with Crippen LogP contribution < -0.4 is 0 Å². The third-order valence-electron chi connectivity index (χ3n) is 4.07. The summed E-state index contributed by atoms with van der Waals surface area (Å²) in [4.78, 5) is 10.8. The largest absolute Gasteiger partial charge is 0.478 e. The van der Waals surface area contributed by atoms with Crippen LogP contribution in [0.4, 0.5) is 57.1 Å². The van der Waals surface area contributed by atoms with Gasteiger partial charge in [-0.25, -0.2) is 4.79 Å². The Labute approximate surface area is 147 Å². The maximum Gasteiger partial charge on any atom is 0.460 e. The first kappa shape index (κ1) is 24.3. The fraction of sp³-hybridized carbons (Fsp3) is 0.769. The van der Waals surface area contributed by atoms with Crippen molar-refractivity contribution in [1.29, 1.82) is 0 Å². The molecule has 0 bridgehead atoms. The Kier molecular flexibility index (Phi) is 5.80. The molecule has 1 aliphatic rings. The molecule has 2 nitrogen and oxygen atoms in total. The summed E-state index contributed by atoms with van der Waals surface area (Å²) in [6, 6.07) is 0. The zero-order valence-electron chi connectivity index (χ0n) is 13.0. The van der Waals surface area contributed by atoms with Gasteiger partial charge in [-0.3, -0.25) is 0 Å². The lowest BCUT2D eigenvalue weighted by molar-refractivity contribution is -0.440. The molecule has 0 radical (unpaired) electrons. The van der Waals surface area contributed by atoms with Gasteiger partial charge in [0.05, 0.1) is 0 Å². The Bertz CT molecular complexity index is 647. The Morgan fingerprint density at radius 1 is 0.821 bits per heavy atom. The van der Waals surface area contributed by atoms with Crippen molar-refractivity contribution in [2.45, 2.75) is 55.1 Å². The minimum atomic E-state index is -7.95. The van der Waals surface area contributed by atoms with Gasteiger partial charge >= 0.3 is 41.8 Å². The number of hydrogen-bond donors (Lipinski definition) is 1. The van der Waals surface area contributed by atoms with Crippen molar-refractivity contribution < 1.29 is 67.0 Å². The molecular weight excluding hydrogens is 435 g/mol. The van der Waals surface area contributed by atoms with E-state index < -0.39 is 66.1 Å². The molecule has 28 heavy (non-hydrogen) atoms. The van der Waals surface area contributed by atoms with Gasteiger partial charge in [0.15, 0.2) is 0 Å². The van der Waals surface area contributed by atoms with Gasteiger partial charge in [0.1, 0.15) is 0 Å². The van der Waals surface area contributed by atoms with E-state index in [-0.39, 0.29) is 6.42 Å². The van der Waals surface area contributed by atoms with Crippen LogP contribution in [-0.4, -0.2) is 46.9 Å². The van der Waals surface area contributed by atoms with Crippen LogP contribution >= 0.6 is 0 Å². The number of halogens is 13. The lowest BCUT2D eigenvalue weighted by Gasteiger charge is -2.40. The monoisotopic (exact) mass is 444 g/mol. The highest BCUT2D eigenvalue weighted by molar-refractivity contribution is 5.87. The molecule has 0 aromatic rings. The van der Waals surface area contributed by atoms with E-state index in [0.29, 0.717) is 0 Å². The summed E-state index contributed by atoms with van der Waals surface area (Å²) in [6.45, 7) is 0. The van der Waals surface area contributed by atoms with Crippen molar-refractivity contribution in [3.05, 3.63) is 11.6 Å². The van der Waals surface area contributed by atoms with Crippen molar-refractivity contribution in [3.63, 3.8) is 0 Å². The average molecular weight is 444 g/mol. The highest BCUT2D eigenvalue weighted by Crippen LogP contribution is 2.61. The van der Waals surface area contributed by atoms with Crippen molar-refractivity contribution in [1.82, 2.24) is 0 Å². The first-order valence-electron chi connectivity index (χ1n) is 7.04. The second-order valence-electron chi connectivity index (χ2n) is 5.94. The molecule has 1 N–H and O–H groups in total. The number of hydrogen-bond acceptors (Lipinski definition) is 1. The highest BCUT2D eigenvalue weighted by Gasteiger charge is 2.90. The van der Waals surface area contributed by atoms with Gasteiger partial charge in [-0.15, -0.1) is 0 Å². The smallest absolute Gasteiger partial charge is 0.460 e. The first-order valence-corrected chi connectivity index (χ1v) is 7.04. The number of rotatable bonds is 7. The highest BCUT2D eigenvalue weighted by atomic mass is 19.4. The van der Waals surface area contributed by atoms with Crippen molar-refractivity contribution in [2.75, 3.05) is 0 Å². The second-order valence-corrected chi connectivity index (χ2v) is 5.94. The topological polar surface area (TPSA) is 37.3 Å². The Balaban J connectivity index is 3.34. The fourth-order valence-corrected chi connectivity index (χ4v) is 2.48. The lowest BCUT2D eigenvalue weighted by Crippen LogP contribution is -2.70. The maximum atomic E-state index is 13.7. The molecule has 0 aliphatic heterocycles. The number of aliphatic carboxylic acids is 1. The normalized spacial score (nSPS) is 20.3. The molecule has 0 saturated heterocycles. The standard InChI is InChI=1S/C13H9F13O2/c14-8(15,4-5-2-1-3-6(5)7(27)28)9(16,17)10(18,19)11(20,21)12(22,23)13(24,25)26/h3,5H,1-2,4H2,(H,27,28). The average Bonchev–Trinajstić information content (AvgIpc) is 2.92. The minimum absolute atomic E-state index is 0.285. The number of carboxylic acid groups (broad SMARTS) is 1. The van der Waals surface area contributed by atoms with Crippen LogP contribution in [0.25, 0.3) is 0 Å². The summed E-state index contributed by atoms with van der Waals surface area (Å²) in [7, 11) is 0. The molecule has 0 saturated carbocycles. The summed E-state index contributed by atoms with van der Waals surface area (Å²) in [5.74, 6) is -41.2. The van der Waals surface area contributed by atoms with Crippen LogP contribution in [0, 0.1) is 5.92 Å².